The van der Waals surface area contributed by atoms with Crippen LogP contribution >= 0.6 is 11.6 Å². The zero-order chi connectivity index (χ0) is 17.0. The summed E-state index contributed by atoms with van der Waals surface area (Å²) in [6, 6.07) is 9.62. The zero-order valence-electron chi connectivity index (χ0n) is 13.8. The third-order valence-electron chi connectivity index (χ3n) is 4.00. The van der Waals surface area contributed by atoms with E-state index < -0.39 is 5.41 Å². The Labute approximate surface area is 141 Å². The number of hydrogen-bond acceptors (Lipinski definition) is 4. The molecule has 0 aliphatic carbocycles. The number of hydrogen-bond donors (Lipinski definition) is 1. The number of nitrogens with zero attached hydrogens (tertiary/aromatic N) is 2. The average Bonchev–Trinajstić information content (AvgIpc) is 2.87. The topological polar surface area (TPSA) is 56.1 Å². The fraction of sp³-hybridized carbons (Fsp3) is 0.412. The van der Waals surface area contributed by atoms with Crippen LogP contribution in [0, 0.1) is 5.41 Å². The van der Waals surface area contributed by atoms with Crippen molar-refractivity contribution >= 4 is 17.6 Å². The van der Waals surface area contributed by atoms with Crippen molar-refractivity contribution in [3.63, 3.8) is 0 Å². The van der Waals surface area contributed by atoms with Gasteiger partial charge >= 0.3 is 5.97 Å². The van der Waals surface area contributed by atoms with Crippen LogP contribution in [0.25, 0.3) is 0 Å². The van der Waals surface area contributed by atoms with Gasteiger partial charge in [0.05, 0.1) is 18.7 Å². The van der Waals surface area contributed by atoms with E-state index in [-0.39, 0.29) is 12.0 Å². The molecule has 0 spiro atoms. The van der Waals surface area contributed by atoms with Gasteiger partial charge in [-0.3, -0.25) is 9.48 Å². The number of methoxy groups -OCH3 is 1. The van der Waals surface area contributed by atoms with Crippen LogP contribution < -0.4 is 5.32 Å². The molecule has 0 saturated carbocycles. The van der Waals surface area contributed by atoms with Crippen molar-refractivity contribution < 1.29 is 9.53 Å². The number of carbonyl (C=O) groups is 1. The molecule has 0 bridgehead atoms. The Kier molecular flexibility index (Phi) is 5.44. The molecule has 124 valence electrons. The largest absolute Gasteiger partial charge is 0.469 e. The van der Waals surface area contributed by atoms with Gasteiger partial charge in [-0.15, -0.1) is 0 Å². The molecule has 1 unspecified atom stereocenters. The molecule has 1 aromatic carbocycles. The van der Waals surface area contributed by atoms with Gasteiger partial charge in [0.2, 0.25) is 0 Å². The van der Waals surface area contributed by atoms with Crippen LogP contribution in [0.3, 0.4) is 0 Å². The molecule has 0 amide bonds. The van der Waals surface area contributed by atoms with Crippen molar-refractivity contribution in [1.29, 1.82) is 0 Å². The minimum Gasteiger partial charge on any atom is -0.469 e. The second kappa shape index (κ2) is 7.15. The highest BCUT2D eigenvalue weighted by atomic mass is 35.5. The predicted octanol–water partition coefficient (Wildman–Crippen LogP) is 3.10. The van der Waals surface area contributed by atoms with Crippen molar-refractivity contribution in [2.24, 2.45) is 12.5 Å². The van der Waals surface area contributed by atoms with Gasteiger partial charge in [0.1, 0.15) is 5.15 Å². The summed E-state index contributed by atoms with van der Waals surface area (Å²) in [4.78, 5) is 12.2. The lowest BCUT2D eigenvalue weighted by Gasteiger charge is -2.33. The first kappa shape index (κ1) is 17.5. The number of benzene rings is 1. The van der Waals surface area contributed by atoms with Crippen molar-refractivity contribution in [2.75, 3.05) is 7.11 Å². The molecule has 1 atom stereocenters. The first-order valence-corrected chi connectivity index (χ1v) is 7.78. The van der Waals surface area contributed by atoms with E-state index in [4.69, 9.17) is 16.3 Å². The fourth-order valence-corrected chi connectivity index (χ4v) is 2.77. The van der Waals surface area contributed by atoms with Crippen LogP contribution in [0.5, 0.6) is 0 Å². The lowest BCUT2D eigenvalue weighted by molar-refractivity contribution is -0.152. The summed E-state index contributed by atoms with van der Waals surface area (Å²) in [5.74, 6) is -0.267. The molecule has 1 heterocycles. The summed E-state index contributed by atoms with van der Waals surface area (Å²) in [7, 11) is 3.20. The Morgan fingerprint density at radius 3 is 2.57 bits per heavy atom. The molecule has 23 heavy (non-hydrogen) atoms. The summed E-state index contributed by atoms with van der Waals surface area (Å²) < 4.78 is 6.59. The fourth-order valence-electron chi connectivity index (χ4n) is 2.61. The molecule has 0 fully saturated rings. The molecule has 2 aromatic rings. The van der Waals surface area contributed by atoms with Crippen molar-refractivity contribution in [2.45, 2.75) is 26.4 Å². The van der Waals surface area contributed by atoms with E-state index in [1.165, 1.54) is 7.11 Å². The van der Waals surface area contributed by atoms with Gasteiger partial charge in [0.15, 0.2) is 0 Å². The maximum atomic E-state index is 12.2. The third-order valence-corrected chi connectivity index (χ3v) is 4.49. The summed E-state index contributed by atoms with van der Waals surface area (Å²) in [5, 5.41) is 8.14. The Bertz CT molecular complexity index is 668. The summed E-state index contributed by atoms with van der Waals surface area (Å²) in [6.07, 6.45) is 1.72. The van der Waals surface area contributed by atoms with E-state index >= 15 is 0 Å². The van der Waals surface area contributed by atoms with Crippen LogP contribution in [0.1, 0.15) is 31.0 Å². The number of nitrogens with one attached hydrogen (secondary N) is 1. The first-order chi connectivity index (χ1) is 10.9. The first-order valence-electron chi connectivity index (χ1n) is 7.41. The van der Waals surface area contributed by atoms with Crippen molar-refractivity contribution in [3.8, 4) is 0 Å². The smallest absolute Gasteiger partial charge is 0.313 e. The number of halogens is 1. The molecular formula is C17H22ClN3O2. The molecule has 0 radical (unpaired) electrons. The molecule has 0 aliphatic heterocycles. The molecule has 0 aliphatic rings. The number of rotatable bonds is 6. The van der Waals surface area contributed by atoms with Crippen LogP contribution in [0.2, 0.25) is 5.15 Å². The Hall–Kier alpha value is -1.85. The highest BCUT2D eigenvalue weighted by molar-refractivity contribution is 6.30. The summed E-state index contributed by atoms with van der Waals surface area (Å²) >= 11 is 6.21. The summed E-state index contributed by atoms with van der Waals surface area (Å²) in [5.41, 5.74) is 1.17. The van der Waals surface area contributed by atoms with Crippen LogP contribution in [0.15, 0.2) is 36.5 Å². The Balaban J connectivity index is 2.27. The molecule has 0 saturated heterocycles. The zero-order valence-corrected chi connectivity index (χ0v) is 14.6. The normalized spacial score (nSPS) is 12.9. The second-order valence-electron chi connectivity index (χ2n) is 6.02. The van der Waals surface area contributed by atoms with Crippen LogP contribution in [-0.4, -0.2) is 22.9 Å². The number of carbonyl (C=O) groups excluding carboxylic acids is 1. The lowest BCUT2D eigenvalue weighted by Crippen LogP contribution is -2.40. The van der Waals surface area contributed by atoms with Gasteiger partial charge in [-0.05, 0) is 19.4 Å². The monoisotopic (exact) mass is 335 g/mol. The van der Waals surface area contributed by atoms with Gasteiger partial charge < -0.3 is 10.1 Å². The van der Waals surface area contributed by atoms with Crippen molar-refractivity contribution in [3.05, 3.63) is 52.8 Å². The predicted molar refractivity (Wildman–Crippen MR) is 90.0 cm³/mol. The van der Waals surface area contributed by atoms with Crippen LogP contribution in [0.4, 0.5) is 0 Å². The number of aryl methyl sites for hydroxylation is 1. The minimum absolute atomic E-state index is 0.215. The number of esters is 1. The highest BCUT2D eigenvalue weighted by Crippen LogP contribution is 2.35. The van der Waals surface area contributed by atoms with Crippen LogP contribution in [-0.2, 0) is 23.1 Å². The van der Waals surface area contributed by atoms with Gasteiger partial charge in [-0.25, -0.2) is 0 Å². The van der Waals surface area contributed by atoms with E-state index in [1.54, 1.807) is 17.9 Å². The van der Waals surface area contributed by atoms with E-state index in [2.05, 4.69) is 10.4 Å². The third kappa shape index (κ3) is 3.74. The minimum atomic E-state index is -0.731. The molecule has 1 aromatic heterocycles. The number of aromatic nitrogens is 2. The highest BCUT2D eigenvalue weighted by Gasteiger charge is 2.38. The Morgan fingerprint density at radius 2 is 2.04 bits per heavy atom. The molecule has 1 N–H and O–H groups in total. The standard InChI is InChI=1S/C17H22ClN3O2/c1-17(2,16(22)23-4)14(12-8-6-5-7-9-12)19-10-13-11-20-21(3)15(13)18/h5-9,11,14,19H,10H2,1-4H3. The van der Waals surface area contributed by atoms with Gasteiger partial charge in [0.25, 0.3) is 0 Å². The van der Waals surface area contributed by atoms with Gasteiger partial charge in [-0.1, -0.05) is 41.9 Å². The van der Waals surface area contributed by atoms with E-state index in [1.807, 2.05) is 44.2 Å². The van der Waals surface area contributed by atoms with E-state index in [9.17, 15) is 4.79 Å². The maximum Gasteiger partial charge on any atom is 0.313 e. The summed E-state index contributed by atoms with van der Waals surface area (Å²) in [6.45, 7) is 4.25. The van der Waals surface area contributed by atoms with E-state index in [0.29, 0.717) is 11.7 Å². The maximum absolute atomic E-state index is 12.2. The van der Waals surface area contributed by atoms with Gasteiger partial charge in [-0.2, -0.15) is 5.10 Å². The molecular weight excluding hydrogens is 314 g/mol. The van der Waals surface area contributed by atoms with E-state index in [0.717, 1.165) is 11.1 Å². The number of ether oxygens (including phenoxy) is 1. The average molecular weight is 336 g/mol. The van der Waals surface area contributed by atoms with Crippen molar-refractivity contribution in [1.82, 2.24) is 15.1 Å². The van der Waals surface area contributed by atoms with Gasteiger partial charge in [0, 0.05) is 25.2 Å². The molecule has 2 rings (SSSR count). The molecule has 6 heteroatoms. The Morgan fingerprint density at radius 1 is 1.39 bits per heavy atom. The second-order valence-corrected chi connectivity index (χ2v) is 6.38. The SMILES string of the molecule is COC(=O)C(C)(C)C(NCc1cnn(C)c1Cl)c1ccccc1. The quantitative estimate of drug-likeness (QED) is 0.824. The molecule has 5 nitrogen and oxygen atoms in total. The lowest BCUT2D eigenvalue weighted by atomic mass is 9.80.